The minimum absolute atomic E-state index is 0.0531. The van der Waals surface area contributed by atoms with Gasteiger partial charge in [0.15, 0.2) is 0 Å². The van der Waals surface area contributed by atoms with E-state index in [4.69, 9.17) is 0 Å². The van der Waals surface area contributed by atoms with Crippen LogP contribution in [0.15, 0.2) is 23.3 Å². The number of nitrogens with zero attached hydrogens (tertiary/aromatic N) is 3. The lowest BCUT2D eigenvalue weighted by Gasteiger charge is -2.33. The number of carbonyl (C=O) groups excluding carboxylic acids is 1. The first-order valence-electron chi connectivity index (χ1n) is 8.70. The predicted octanol–water partition coefficient (Wildman–Crippen LogP) is 2.35. The van der Waals surface area contributed by atoms with Crippen LogP contribution in [0.25, 0.3) is 0 Å². The lowest BCUT2D eigenvalue weighted by Crippen LogP contribution is -2.44. The van der Waals surface area contributed by atoms with Crippen molar-refractivity contribution in [1.29, 1.82) is 0 Å². The molecule has 1 aromatic heterocycles. The normalized spacial score (nSPS) is 24.9. The molecule has 3 heterocycles. The number of thiazole rings is 1. The molecule has 1 aromatic rings. The van der Waals surface area contributed by atoms with Crippen LogP contribution in [0.1, 0.15) is 38.6 Å². The fourth-order valence-electron chi connectivity index (χ4n) is 3.15. The van der Waals surface area contributed by atoms with Gasteiger partial charge < -0.3 is 10.0 Å². The van der Waals surface area contributed by atoms with Crippen LogP contribution in [-0.2, 0) is 10.3 Å². The summed E-state index contributed by atoms with van der Waals surface area (Å²) in [5, 5.41) is 12.6. The Bertz CT molecular complexity index is 627. The van der Waals surface area contributed by atoms with E-state index >= 15 is 0 Å². The van der Waals surface area contributed by atoms with Gasteiger partial charge in [-0.15, -0.1) is 11.3 Å². The van der Waals surface area contributed by atoms with E-state index < -0.39 is 5.54 Å². The maximum absolute atomic E-state index is 13.1. The van der Waals surface area contributed by atoms with Gasteiger partial charge in [-0.2, -0.15) is 0 Å². The molecule has 1 amide bonds. The SMILES string of the molecule is CC(C)SN1NC(C)(c2nccs2)C=C1C(=O)N1CCC(CO)CC1. The minimum atomic E-state index is -0.468. The van der Waals surface area contributed by atoms with Crippen molar-refractivity contribution in [2.24, 2.45) is 5.92 Å². The van der Waals surface area contributed by atoms with Crippen molar-refractivity contribution < 1.29 is 9.90 Å². The molecule has 0 aromatic carbocycles. The van der Waals surface area contributed by atoms with Crippen LogP contribution in [0.5, 0.6) is 0 Å². The van der Waals surface area contributed by atoms with Crippen LogP contribution in [0.2, 0.25) is 0 Å². The number of hydrogen-bond acceptors (Lipinski definition) is 7. The molecule has 138 valence electrons. The maximum Gasteiger partial charge on any atom is 0.272 e. The molecule has 3 rings (SSSR count). The van der Waals surface area contributed by atoms with Gasteiger partial charge in [-0.3, -0.25) is 4.79 Å². The number of piperidine rings is 1. The number of amides is 1. The molecule has 1 unspecified atom stereocenters. The first-order chi connectivity index (χ1) is 11.9. The second-order valence-corrected chi connectivity index (χ2v) is 9.46. The second-order valence-electron chi connectivity index (χ2n) is 7.05. The van der Waals surface area contributed by atoms with Gasteiger partial charge in [0.2, 0.25) is 0 Å². The Morgan fingerprint density at radius 2 is 2.24 bits per heavy atom. The summed E-state index contributed by atoms with van der Waals surface area (Å²) in [4.78, 5) is 19.5. The Labute approximate surface area is 157 Å². The van der Waals surface area contributed by atoms with Gasteiger partial charge in [0.05, 0.1) is 0 Å². The first kappa shape index (κ1) is 18.7. The molecule has 2 aliphatic rings. The third kappa shape index (κ3) is 4.02. The molecule has 0 spiro atoms. The third-order valence-electron chi connectivity index (χ3n) is 4.55. The number of likely N-dealkylation sites (tertiary alicyclic amines) is 1. The van der Waals surface area contributed by atoms with Crippen molar-refractivity contribution in [3.05, 3.63) is 28.4 Å². The second kappa shape index (κ2) is 7.65. The lowest BCUT2D eigenvalue weighted by atomic mass is 9.97. The van der Waals surface area contributed by atoms with E-state index in [9.17, 15) is 9.90 Å². The largest absolute Gasteiger partial charge is 0.396 e. The Morgan fingerprint density at radius 1 is 1.52 bits per heavy atom. The molecule has 6 nitrogen and oxygen atoms in total. The van der Waals surface area contributed by atoms with Gasteiger partial charge >= 0.3 is 0 Å². The van der Waals surface area contributed by atoms with Crippen LogP contribution in [0, 0.1) is 5.92 Å². The number of aromatic nitrogens is 1. The third-order valence-corrected chi connectivity index (χ3v) is 6.48. The van der Waals surface area contributed by atoms with E-state index in [0.29, 0.717) is 30.0 Å². The highest BCUT2D eigenvalue weighted by Gasteiger charge is 2.41. The molecule has 0 saturated carbocycles. The first-order valence-corrected chi connectivity index (χ1v) is 10.4. The minimum Gasteiger partial charge on any atom is -0.396 e. The van der Waals surface area contributed by atoms with E-state index in [1.165, 1.54) is 0 Å². The van der Waals surface area contributed by atoms with Crippen molar-refractivity contribution in [3.63, 3.8) is 0 Å². The average Bonchev–Trinajstić information content (AvgIpc) is 3.23. The van der Waals surface area contributed by atoms with Crippen LogP contribution in [0.3, 0.4) is 0 Å². The highest BCUT2D eigenvalue weighted by molar-refractivity contribution is 7.97. The highest BCUT2D eigenvalue weighted by Crippen LogP contribution is 2.37. The number of hydrogen-bond donors (Lipinski definition) is 2. The molecule has 0 bridgehead atoms. The summed E-state index contributed by atoms with van der Waals surface area (Å²) in [5.41, 5.74) is 3.67. The number of aliphatic hydroxyl groups is 1. The van der Waals surface area contributed by atoms with E-state index in [0.717, 1.165) is 17.8 Å². The Balaban J connectivity index is 1.81. The summed E-state index contributed by atoms with van der Waals surface area (Å²) in [6.07, 6.45) is 5.52. The van der Waals surface area contributed by atoms with Crippen LogP contribution < -0.4 is 5.43 Å². The molecule has 1 atom stereocenters. The highest BCUT2D eigenvalue weighted by atomic mass is 32.2. The van der Waals surface area contributed by atoms with Crippen LogP contribution >= 0.6 is 23.3 Å². The lowest BCUT2D eigenvalue weighted by molar-refractivity contribution is -0.129. The molecule has 0 radical (unpaired) electrons. The monoisotopic (exact) mass is 382 g/mol. The van der Waals surface area contributed by atoms with E-state index in [2.05, 4.69) is 31.2 Å². The van der Waals surface area contributed by atoms with E-state index in [1.807, 2.05) is 20.8 Å². The van der Waals surface area contributed by atoms with Gasteiger partial charge in [-0.05, 0) is 43.7 Å². The van der Waals surface area contributed by atoms with E-state index in [-0.39, 0.29) is 12.5 Å². The van der Waals surface area contributed by atoms with Crippen molar-refractivity contribution >= 4 is 29.2 Å². The van der Waals surface area contributed by atoms with Crippen LogP contribution in [0.4, 0.5) is 0 Å². The molecule has 2 N–H and O–H groups in total. The summed E-state index contributed by atoms with van der Waals surface area (Å²) in [6, 6.07) is 0. The van der Waals surface area contributed by atoms with Gasteiger partial charge in [-0.1, -0.05) is 13.8 Å². The molecule has 1 saturated heterocycles. The predicted molar refractivity (Wildman–Crippen MR) is 102 cm³/mol. The van der Waals surface area contributed by atoms with Crippen molar-refractivity contribution in [2.45, 2.75) is 44.4 Å². The summed E-state index contributed by atoms with van der Waals surface area (Å²) >= 11 is 3.20. The smallest absolute Gasteiger partial charge is 0.272 e. The number of carbonyl (C=O) groups is 1. The fraction of sp³-hybridized carbons (Fsp3) is 0.647. The zero-order valence-electron chi connectivity index (χ0n) is 14.9. The van der Waals surface area contributed by atoms with Gasteiger partial charge in [-0.25, -0.2) is 14.8 Å². The summed E-state index contributed by atoms with van der Waals surface area (Å²) in [5.74, 6) is 0.374. The van der Waals surface area contributed by atoms with Gasteiger partial charge in [0.1, 0.15) is 16.2 Å². The molecular weight excluding hydrogens is 356 g/mol. The molecular formula is C17H26N4O2S2. The molecule has 2 aliphatic heterocycles. The quantitative estimate of drug-likeness (QED) is 0.762. The number of rotatable bonds is 5. The standard InChI is InChI=1S/C17H26N4O2S2/c1-12(2)25-21-14(10-17(3,19-21)16-18-6-9-24-16)15(23)20-7-4-13(11-22)5-8-20/h6,9-10,12-13,19,22H,4-5,7-8,11H2,1-3H3. The Hall–Kier alpha value is -1.09. The number of hydrazine groups is 1. The zero-order valence-corrected chi connectivity index (χ0v) is 16.6. The zero-order chi connectivity index (χ0) is 18.0. The molecule has 8 heteroatoms. The Morgan fingerprint density at radius 3 is 2.80 bits per heavy atom. The number of aliphatic hydroxyl groups excluding tert-OH is 1. The molecule has 1 fully saturated rings. The van der Waals surface area contributed by atoms with Crippen molar-refractivity contribution in [1.82, 2.24) is 19.7 Å². The summed E-state index contributed by atoms with van der Waals surface area (Å²) in [7, 11) is 0. The van der Waals surface area contributed by atoms with Crippen molar-refractivity contribution in [2.75, 3.05) is 19.7 Å². The molecule has 25 heavy (non-hydrogen) atoms. The fourth-order valence-corrected chi connectivity index (χ4v) is 4.78. The topological polar surface area (TPSA) is 68.7 Å². The van der Waals surface area contributed by atoms with E-state index in [1.54, 1.807) is 29.5 Å². The van der Waals surface area contributed by atoms with Crippen molar-refractivity contribution in [3.8, 4) is 0 Å². The molecule has 0 aliphatic carbocycles. The van der Waals surface area contributed by atoms with Gasteiger partial charge in [0, 0.05) is 36.5 Å². The number of nitrogens with one attached hydrogen (secondary N) is 1. The van der Waals surface area contributed by atoms with Crippen LogP contribution in [-0.4, -0.2) is 50.3 Å². The summed E-state index contributed by atoms with van der Waals surface area (Å²) in [6.45, 7) is 7.90. The summed E-state index contributed by atoms with van der Waals surface area (Å²) < 4.78 is 1.91. The Kier molecular flexibility index (Phi) is 5.72. The average molecular weight is 383 g/mol. The maximum atomic E-state index is 13.1. The van der Waals surface area contributed by atoms with Gasteiger partial charge in [0.25, 0.3) is 5.91 Å².